The van der Waals surface area contributed by atoms with Crippen LogP contribution in [0.4, 0.5) is 0 Å². The van der Waals surface area contributed by atoms with E-state index in [4.69, 9.17) is 0 Å². The summed E-state index contributed by atoms with van der Waals surface area (Å²) in [5.74, 6) is 0. The zero-order valence-corrected chi connectivity index (χ0v) is 48.9. The SMILES string of the molecule is CC(C)(C)N1CC1.CC(C)(C)N1CCC1.CC(C)(C)N1CCCC1.CC(C)(C)N1CCCCC1.CC(C)(C)N1CCCCC1.CC(C)(C)N1CCCCC1.CN1CCN(C(C)(C)C)CC1. The van der Waals surface area contributed by atoms with E-state index in [1.807, 2.05) is 0 Å². The number of hydrogen-bond donors (Lipinski definition) is 0. The van der Waals surface area contributed by atoms with E-state index in [-0.39, 0.29) is 0 Å². The Bertz CT molecular complexity index is 1090. The number of hydrogen-bond acceptors (Lipinski definition) is 8. The van der Waals surface area contributed by atoms with Gasteiger partial charge < -0.3 is 4.90 Å². The monoisotopic (exact) mass is 919 g/mol. The lowest BCUT2D eigenvalue weighted by Gasteiger charge is -2.42. The molecule has 0 aromatic heterocycles. The summed E-state index contributed by atoms with van der Waals surface area (Å²) in [5, 5.41) is 0. The maximum absolute atomic E-state index is 2.58. The van der Waals surface area contributed by atoms with Crippen LogP contribution in [0.5, 0.6) is 0 Å². The molecule has 0 aromatic rings. The average molecular weight is 920 g/mol. The van der Waals surface area contributed by atoms with Crippen molar-refractivity contribution in [3.63, 3.8) is 0 Å². The lowest BCUT2D eigenvalue weighted by atomic mass is 10.0. The number of likely N-dealkylation sites (tertiary alicyclic amines) is 5. The van der Waals surface area contributed by atoms with Crippen LogP contribution in [0.3, 0.4) is 0 Å². The Kier molecular flexibility index (Phi) is 27.5. The summed E-state index contributed by atoms with van der Waals surface area (Å²) in [6.45, 7) is 68.6. The van der Waals surface area contributed by atoms with E-state index in [0.29, 0.717) is 38.8 Å². The Hall–Kier alpha value is -0.320. The molecule has 7 aliphatic rings. The third-order valence-corrected chi connectivity index (χ3v) is 14.6. The third-order valence-electron chi connectivity index (χ3n) is 14.6. The minimum Gasteiger partial charge on any atom is -0.304 e. The fraction of sp³-hybridized carbons (Fsp3) is 1.00. The number of piperazine rings is 1. The van der Waals surface area contributed by atoms with Gasteiger partial charge in [0.05, 0.1) is 0 Å². The molecule has 0 N–H and O–H groups in total. The van der Waals surface area contributed by atoms with Gasteiger partial charge in [0.1, 0.15) is 0 Å². The number of piperidine rings is 3. The first-order chi connectivity index (χ1) is 29.6. The summed E-state index contributed by atoms with van der Waals surface area (Å²) < 4.78 is 0. The van der Waals surface area contributed by atoms with Gasteiger partial charge in [0, 0.05) is 78.0 Å². The highest BCUT2D eigenvalue weighted by molar-refractivity contribution is 4.86. The zero-order valence-electron chi connectivity index (χ0n) is 48.9. The molecule has 0 amide bonds. The van der Waals surface area contributed by atoms with Crippen molar-refractivity contribution in [3.05, 3.63) is 0 Å². The van der Waals surface area contributed by atoms with Gasteiger partial charge in [-0.1, -0.05) is 19.3 Å². The summed E-state index contributed by atoms with van der Waals surface area (Å²) in [6, 6.07) is 0. The normalized spacial score (nSPS) is 23.2. The molecule has 390 valence electrons. The van der Waals surface area contributed by atoms with Crippen LogP contribution in [0.1, 0.15) is 222 Å². The zero-order chi connectivity index (χ0) is 49.9. The fourth-order valence-electron chi connectivity index (χ4n) is 9.27. The van der Waals surface area contributed by atoms with Crippen molar-refractivity contribution in [2.45, 2.75) is 261 Å². The van der Waals surface area contributed by atoms with Gasteiger partial charge in [0.2, 0.25) is 0 Å². The smallest absolute Gasteiger partial charge is 0.0126 e. The maximum atomic E-state index is 2.58. The van der Waals surface area contributed by atoms with E-state index in [2.05, 4.69) is 192 Å². The van der Waals surface area contributed by atoms with Crippen LogP contribution in [0.2, 0.25) is 0 Å². The lowest BCUT2D eigenvalue weighted by Crippen LogP contribution is -2.52. The molecule has 0 atom stereocenters. The Morgan fingerprint density at radius 1 is 0.169 bits per heavy atom. The van der Waals surface area contributed by atoms with E-state index in [0.717, 1.165) is 0 Å². The first kappa shape index (κ1) is 62.7. The number of nitrogens with zero attached hydrogens (tertiary/aromatic N) is 8. The average Bonchev–Trinajstić information content (AvgIpc) is 3.89. The van der Waals surface area contributed by atoms with Gasteiger partial charge in [-0.15, -0.1) is 0 Å². The predicted molar refractivity (Wildman–Crippen MR) is 292 cm³/mol. The molecule has 65 heavy (non-hydrogen) atoms. The second-order valence-electron chi connectivity index (χ2n) is 27.7. The first-order valence-corrected chi connectivity index (χ1v) is 27.6. The fourth-order valence-corrected chi connectivity index (χ4v) is 9.27. The minimum absolute atomic E-state index is 0.362. The number of likely N-dealkylation sites (N-methyl/N-ethyl adjacent to an activating group) is 1. The van der Waals surface area contributed by atoms with Gasteiger partial charge in [-0.3, -0.25) is 34.3 Å². The van der Waals surface area contributed by atoms with Gasteiger partial charge in [-0.25, -0.2) is 0 Å². The van der Waals surface area contributed by atoms with Crippen molar-refractivity contribution in [2.24, 2.45) is 0 Å². The van der Waals surface area contributed by atoms with Gasteiger partial charge in [0.15, 0.2) is 0 Å². The molecule has 7 fully saturated rings. The summed E-state index contributed by atoms with van der Waals surface area (Å²) in [5.41, 5.74) is 2.86. The van der Waals surface area contributed by atoms with Crippen LogP contribution in [0.15, 0.2) is 0 Å². The molecule has 8 heteroatoms. The molecule has 0 spiro atoms. The maximum Gasteiger partial charge on any atom is 0.0126 e. The van der Waals surface area contributed by atoms with Crippen molar-refractivity contribution in [1.82, 2.24) is 39.2 Å². The van der Waals surface area contributed by atoms with Crippen molar-refractivity contribution >= 4 is 0 Å². The van der Waals surface area contributed by atoms with Crippen molar-refractivity contribution in [3.8, 4) is 0 Å². The Labute approximate surface area is 410 Å². The third kappa shape index (κ3) is 28.8. The highest BCUT2D eigenvalue weighted by atomic mass is 15.3. The Morgan fingerprint density at radius 3 is 0.431 bits per heavy atom. The quantitative estimate of drug-likeness (QED) is 0.222. The summed E-state index contributed by atoms with van der Waals surface area (Å²) in [6.07, 6.45) is 16.9. The van der Waals surface area contributed by atoms with Crippen molar-refractivity contribution in [1.29, 1.82) is 0 Å². The molecule has 7 aliphatic heterocycles. The largest absolute Gasteiger partial charge is 0.304 e. The molecule has 0 aromatic carbocycles. The first-order valence-electron chi connectivity index (χ1n) is 27.6. The standard InChI is InChI=1S/C9H20N2.3C9H19N.C8H17N.C7H15N.C6H13N/c1-9(2,3)11-7-5-10(4)6-8-11;3*1-9(2,3)10-7-5-4-6-8-10;1-8(2,3)9-6-4-5-7-9;1-7(2,3)8-5-4-6-8;1-6(2,3)7-4-5-7/h5-8H2,1-4H3;3*4-8H2,1-3H3;4-7H2,1-3H3;4-6H2,1-3H3;4-5H2,1-3H3. The molecule has 7 saturated heterocycles. The highest BCUT2D eigenvalue weighted by Crippen LogP contribution is 2.23. The van der Waals surface area contributed by atoms with Gasteiger partial charge in [0.25, 0.3) is 0 Å². The number of rotatable bonds is 0. The van der Waals surface area contributed by atoms with Crippen LogP contribution in [-0.4, -0.2) is 190 Å². The molecule has 7 heterocycles. The topological polar surface area (TPSA) is 25.7 Å². The van der Waals surface area contributed by atoms with E-state index in [9.17, 15) is 0 Å². The molecule has 0 bridgehead atoms. The highest BCUT2D eigenvalue weighted by Gasteiger charge is 2.30. The van der Waals surface area contributed by atoms with Crippen LogP contribution in [0.25, 0.3) is 0 Å². The van der Waals surface area contributed by atoms with Crippen LogP contribution in [0, 0.1) is 0 Å². The molecule has 0 saturated carbocycles. The molecule has 0 unspecified atom stereocenters. The molecule has 0 aliphatic carbocycles. The lowest BCUT2D eigenvalue weighted by molar-refractivity contribution is 0.0690. The van der Waals surface area contributed by atoms with Crippen molar-refractivity contribution in [2.75, 3.05) is 112 Å². The molecular weight excluding hydrogens is 797 g/mol. The van der Waals surface area contributed by atoms with E-state index < -0.39 is 0 Å². The summed E-state index contributed by atoms with van der Waals surface area (Å²) >= 11 is 0. The van der Waals surface area contributed by atoms with E-state index in [1.165, 1.54) is 182 Å². The van der Waals surface area contributed by atoms with Gasteiger partial charge in [-0.05, 0) is 276 Å². The van der Waals surface area contributed by atoms with Gasteiger partial charge >= 0.3 is 0 Å². The van der Waals surface area contributed by atoms with Gasteiger partial charge in [-0.2, -0.15) is 0 Å². The Morgan fingerprint density at radius 2 is 0.308 bits per heavy atom. The van der Waals surface area contributed by atoms with Crippen LogP contribution >= 0.6 is 0 Å². The molecule has 8 nitrogen and oxygen atoms in total. The summed E-state index contributed by atoms with van der Waals surface area (Å²) in [7, 11) is 2.19. The van der Waals surface area contributed by atoms with E-state index >= 15 is 0 Å². The second kappa shape index (κ2) is 28.5. The molecule has 7 rings (SSSR count). The molecular formula is C57H122N8. The predicted octanol–water partition coefficient (Wildman–Crippen LogP) is 12.3. The van der Waals surface area contributed by atoms with Crippen LogP contribution in [-0.2, 0) is 0 Å². The molecule has 0 radical (unpaired) electrons. The minimum atomic E-state index is 0.362. The summed E-state index contributed by atoms with van der Waals surface area (Å²) in [4.78, 5) is 20.2. The Balaban J connectivity index is 0.000000381. The van der Waals surface area contributed by atoms with Crippen molar-refractivity contribution < 1.29 is 0 Å². The second-order valence-corrected chi connectivity index (χ2v) is 27.7. The van der Waals surface area contributed by atoms with Crippen LogP contribution < -0.4 is 0 Å². The van der Waals surface area contributed by atoms with E-state index in [1.54, 1.807) is 0 Å².